The van der Waals surface area contributed by atoms with Gasteiger partial charge in [0.1, 0.15) is 0 Å². The summed E-state index contributed by atoms with van der Waals surface area (Å²) in [6.07, 6.45) is 4.00. The molecule has 0 heterocycles. The summed E-state index contributed by atoms with van der Waals surface area (Å²) in [7, 11) is 0. The first-order valence-corrected chi connectivity index (χ1v) is 6.91. The minimum absolute atomic E-state index is 0.643. The third kappa shape index (κ3) is 3.34. The number of benzene rings is 1. The Morgan fingerprint density at radius 3 is 2.61 bits per heavy atom. The van der Waals surface area contributed by atoms with Crippen LogP contribution in [0.2, 0.25) is 0 Å². The van der Waals surface area contributed by atoms with E-state index in [1.807, 2.05) is 24.3 Å². The maximum Gasteiger partial charge on any atom is 0.0991 e. The molecule has 2 heteroatoms. The number of hydrogen-bond acceptors (Lipinski definition) is 2. The molecule has 96 valence electrons. The third-order valence-electron chi connectivity index (χ3n) is 4.11. The summed E-state index contributed by atoms with van der Waals surface area (Å²) in [6.45, 7) is 5.61. The van der Waals surface area contributed by atoms with E-state index in [0.29, 0.717) is 6.04 Å². The summed E-state index contributed by atoms with van der Waals surface area (Å²) < 4.78 is 0. The van der Waals surface area contributed by atoms with E-state index in [9.17, 15) is 0 Å². The monoisotopic (exact) mass is 242 g/mol. The van der Waals surface area contributed by atoms with Crippen LogP contribution in [0.15, 0.2) is 24.3 Å². The summed E-state index contributed by atoms with van der Waals surface area (Å²) >= 11 is 0. The van der Waals surface area contributed by atoms with Crippen LogP contribution < -0.4 is 5.32 Å². The molecule has 18 heavy (non-hydrogen) atoms. The van der Waals surface area contributed by atoms with Crippen LogP contribution in [0.3, 0.4) is 0 Å². The molecular formula is C16H22N2. The Kier molecular flexibility index (Phi) is 4.38. The predicted octanol–water partition coefficient (Wildman–Crippen LogP) is 3.47. The van der Waals surface area contributed by atoms with Gasteiger partial charge in [-0.25, -0.2) is 0 Å². The maximum absolute atomic E-state index is 8.76. The van der Waals surface area contributed by atoms with Gasteiger partial charge in [0.15, 0.2) is 0 Å². The summed E-state index contributed by atoms with van der Waals surface area (Å²) in [5.74, 6) is 1.62. The molecule has 3 atom stereocenters. The summed E-state index contributed by atoms with van der Waals surface area (Å²) in [4.78, 5) is 0. The van der Waals surface area contributed by atoms with Crippen molar-refractivity contribution < 1.29 is 0 Å². The second-order valence-electron chi connectivity index (χ2n) is 5.69. The van der Waals surface area contributed by atoms with Crippen molar-refractivity contribution in [2.75, 3.05) is 0 Å². The van der Waals surface area contributed by atoms with Gasteiger partial charge in [-0.15, -0.1) is 0 Å². The lowest BCUT2D eigenvalue weighted by molar-refractivity contribution is 0.227. The molecule has 0 amide bonds. The molecule has 0 aliphatic heterocycles. The molecule has 1 aromatic rings. The lowest BCUT2D eigenvalue weighted by Gasteiger charge is -2.33. The zero-order chi connectivity index (χ0) is 13.0. The zero-order valence-corrected chi connectivity index (χ0v) is 11.3. The lowest BCUT2D eigenvalue weighted by Crippen LogP contribution is -2.39. The minimum atomic E-state index is 0.643. The minimum Gasteiger partial charge on any atom is -0.310 e. The van der Waals surface area contributed by atoms with Gasteiger partial charge in [0.05, 0.1) is 11.6 Å². The van der Waals surface area contributed by atoms with E-state index in [-0.39, 0.29) is 0 Å². The average Bonchev–Trinajstić information content (AvgIpc) is 2.40. The Balaban J connectivity index is 1.88. The van der Waals surface area contributed by atoms with Gasteiger partial charge in [-0.05, 0) is 42.4 Å². The van der Waals surface area contributed by atoms with Crippen molar-refractivity contribution >= 4 is 0 Å². The topological polar surface area (TPSA) is 35.8 Å². The molecule has 3 unspecified atom stereocenters. The molecular weight excluding hydrogens is 220 g/mol. The van der Waals surface area contributed by atoms with Crippen LogP contribution in [0.4, 0.5) is 0 Å². The van der Waals surface area contributed by atoms with Crippen molar-refractivity contribution in [2.45, 2.75) is 45.7 Å². The second kappa shape index (κ2) is 6.02. The van der Waals surface area contributed by atoms with Gasteiger partial charge in [-0.3, -0.25) is 0 Å². The molecule has 1 aromatic carbocycles. The zero-order valence-electron chi connectivity index (χ0n) is 11.3. The molecule has 1 saturated carbocycles. The third-order valence-corrected chi connectivity index (χ3v) is 4.11. The van der Waals surface area contributed by atoms with Crippen molar-refractivity contribution in [1.29, 1.82) is 5.26 Å². The second-order valence-corrected chi connectivity index (χ2v) is 5.69. The van der Waals surface area contributed by atoms with Gasteiger partial charge in [0.25, 0.3) is 0 Å². The van der Waals surface area contributed by atoms with E-state index in [2.05, 4.69) is 25.2 Å². The number of hydrogen-bond donors (Lipinski definition) is 1. The van der Waals surface area contributed by atoms with Crippen molar-refractivity contribution in [3.8, 4) is 6.07 Å². The van der Waals surface area contributed by atoms with E-state index in [4.69, 9.17) is 5.26 Å². The molecule has 1 N–H and O–H groups in total. The van der Waals surface area contributed by atoms with Crippen LogP contribution in [0.5, 0.6) is 0 Å². The molecule has 2 nitrogen and oxygen atoms in total. The van der Waals surface area contributed by atoms with Gasteiger partial charge in [0.2, 0.25) is 0 Å². The molecule has 0 saturated heterocycles. The van der Waals surface area contributed by atoms with E-state index in [1.54, 1.807) is 0 Å². The number of nitrogens with zero attached hydrogens (tertiary/aromatic N) is 1. The number of rotatable bonds is 3. The van der Waals surface area contributed by atoms with Crippen LogP contribution >= 0.6 is 0 Å². The molecule has 1 fully saturated rings. The van der Waals surface area contributed by atoms with E-state index >= 15 is 0 Å². The fourth-order valence-electron chi connectivity index (χ4n) is 2.76. The highest BCUT2D eigenvalue weighted by Crippen LogP contribution is 2.28. The van der Waals surface area contributed by atoms with Crippen molar-refractivity contribution in [3.05, 3.63) is 35.4 Å². The molecule has 1 aliphatic rings. The fraction of sp³-hybridized carbons (Fsp3) is 0.562. The van der Waals surface area contributed by atoms with Crippen LogP contribution in [-0.4, -0.2) is 6.04 Å². The normalized spacial score (nSPS) is 27.7. The van der Waals surface area contributed by atoms with Crippen molar-refractivity contribution in [3.63, 3.8) is 0 Å². The van der Waals surface area contributed by atoms with E-state index < -0.39 is 0 Å². The Bertz CT molecular complexity index is 416. The Labute approximate surface area is 110 Å². The standard InChI is InChI=1S/C16H22N2/c1-12-3-4-13(2)16(9-12)18-11-15-7-5-14(10-17)6-8-15/h5-8,12-13,16,18H,3-4,9,11H2,1-2H3. The molecule has 0 spiro atoms. The quantitative estimate of drug-likeness (QED) is 0.881. The average molecular weight is 242 g/mol. The number of nitrogens with one attached hydrogen (secondary N) is 1. The SMILES string of the molecule is CC1CCC(C)C(NCc2ccc(C#N)cc2)C1. The summed E-state index contributed by atoms with van der Waals surface area (Å²) in [6, 6.07) is 10.7. The fourth-order valence-corrected chi connectivity index (χ4v) is 2.76. The summed E-state index contributed by atoms with van der Waals surface area (Å²) in [5, 5.41) is 12.4. The Hall–Kier alpha value is -1.33. The summed E-state index contributed by atoms with van der Waals surface area (Å²) in [5.41, 5.74) is 2.00. The van der Waals surface area contributed by atoms with Gasteiger partial charge in [0, 0.05) is 12.6 Å². The molecule has 0 bridgehead atoms. The predicted molar refractivity (Wildman–Crippen MR) is 74.0 cm³/mol. The van der Waals surface area contributed by atoms with Gasteiger partial charge >= 0.3 is 0 Å². The molecule has 0 aromatic heterocycles. The van der Waals surface area contributed by atoms with Crippen molar-refractivity contribution in [2.24, 2.45) is 11.8 Å². The van der Waals surface area contributed by atoms with Crippen LogP contribution in [0.25, 0.3) is 0 Å². The Morgan fingerprint density at radius 2 is 1.94 bits per heavy atom. The van der Waals surface area contributed by atoms with Crippen LogP contribution in [-0.2, 0) is 6.54 Å². The van der Waals surface area contributed by atoms with E-state index in [0.717, 1.165) is 23.9 Å². The van der Waals surface area contributed by atoms with Gasteiger partial charge in [-0.2, -0.15) is 5.26 Å². The van der Waals surface area contributed by atoms with Gasteiger partial charge < -0.3 is 5.32 Å². The first-order valence-electron chi connectivity index (χ1n) is 6.91. The first kappa shape index (κ1) is 13.1. The highest BCUT2D eigenvalue weighted by Gasteiger charge is 2.24. The van der Waals surface area contributed by atoms with E-state index in [1.165, 1.54) is 24.8 Å². The molecule has 0 radical (unpaired) electrons. The molecule has 2 rings (SSSR count). The molecule has 1 aliphatic carbocycles. The van der Waals surface area contributed by atoms with Gasteiger partial charge in [-0.1, -0.05) is 32.4 Å². The smallest absolute Gasteiger partial charge is 0.0991 e. The Morgan fingerprint density at radius 1 is 1.22 bits per heavy atom. The van der Waals surface area contributed by atoms with Crippen molar-refractivity contribution in [1.82, 2.24) is 5.32 Å². The first-order chi connectivity index (χ1) is 8.69. The number of nitriles is 1. The lowest BCUT2D eigenvalue weighted by atomic mass is 9.80. The van der Waals surface area contributed by atoms with Crippen LogP contribution in [0, 0.1) is 23.2 Å². The highest BCUT2D eigenvalue weighted by molar-refractivity contribution is 5.31. The highest BCUT2D eigenvalue weighted by atomic mass is 14.9. The van der Waals surface area contributed by atoms with Crippen LogP contribution in [0.1, 0.15) is 44.2 Å². The largest absolute Gasteiger partial charge is 0.310 e. The maximum atomic E-state index is 8.76.